The van der Waals surface area contributed by atoms with Crippen LogP contribution in [0.2, 0.25) is 0 Å². The van der Waals surface area contributed by atoms with E-state index in [1.54, 1.807) is 0 Å². The zero-order valence-electron chi connectivity index (χ0n) is 27.7. The van der Waals surface area contributed by atoms with Crippen LogP contribution in [0.15, 0.2) is 48.5 Å². The van der Waals surface area contributed by atoms with Crippen LogP contribution in [0.3, 0.4) is 0 Å². The van der Waals surface area contributed by atoms with Gasteiger partial charge in [-0.2, -0.15) is 0 Å². The van der Waals surface area contributed by atoms with Crippen LogP contribution in [-0.2, 0) is 18.9 Å². The second kappa shape index (κ2) is 15.4. The molecule has 22 nitrogen and oxygen atoms in total. The number of carbonyl (C=O) groups is 4. The van der Waals surface area contributed by atoms with Crippen molar-refractivity contribution in [2.24, 2.45) is 0 Å². The zero-order valence-corrected chi connectivity index (χ0v) is 27.7. The summed E-state index contributed by atoms with van der Waals surface area (Å²) in [5.74, 6) is -17.4. The molecule has 4 aromatic carbocycles. The van der Waals surface area contributed by atoms with Gasteiger partial charge in [0.2, 0.25) is 12.0 Å². The van der Waals surface area contributed by atoms with Gasteiger partial charge in [0.05, 0.1) is 22.3 Å². The highest BCUT2D eigenvalue weighted by atomic mass is 16.7. The molecule has 1 aliphatic heterocycles. The van der Waals surface area contributed by atoms with E-state index in [4.69, 9.17) is 23.7 Å². The zero-order chi connectivity index (χ0) is 41.3. The van der Waals surface area contributed by atoms with Crippen LogP contribution in [0.1, 0.15) is 41.4 Å². The summed E-state index contributed by atoms with van der Waals surface area (Å²) < 4.78 is 25.8. The highest BCUT2D eigenvalue weighted by Crippen LogP contribution is 2.40. The molecule has 0 aliphatic carbocycles. The van der Waals surface area contributed by atoms with Crippen LogP contribution in [0.4, 0.5) is 0 Å². The molecule has 56 heavy (non-hydrogen) atoms. The molecule has 0 saturated carbocycles. The molecule has 0 amide bonds. The molecule has 0 bridgehead atoms. The molecule has 0 radical (unpaired) electrons. The van der Waals surface area contributed by atoms with Gasteiger partial charge < -0.3 is 90.1 Å². The van der Waals surface area contributed by atoms with E-state index in [2.05, 4.69) is 0 Å². The fourth-order valence-corrected chi connectivity index (χ4v) is 5.00. The molecule has 4 aromatic rings. The maximum absolute atomic E-state index is 13.3. The first-order valence-corrected chi connectivity index (χ1v) is 15.4. The fraction of sp³-hybridized carbons (Fsp3) is 0.176. The average Bonchev–Trinajstić information content (AvgIpc) is 3.14. The largest absolute Gasteiger partial charge is 0.504 e. The normalized spacial score (nSPS) is 19.1. The third-order valence-electron chi connectivity index (χ3n) is 7.90. The number of carbonyl (C=O) groups excluding carboxylic acids is 4. The predicted octanol–water partition coefficient (Wildman–Crippen LogP) is 0.353. The Labute approximate surface area is 310 Å². The van der Waals surface area contributed by atoms with Gasteiger partial charge in [0.1, 0.15) is 18.8 Å². The molecular formula is C34H28O22. The molecular weight excluding hydrogens is 760 g/mol. The van der Waals surface area contributed by atoms with Gasteiger partial charge in [-0.3, -0.25) is 0 Å². The van der Waals surface area contributed by atoms with Crippen molar-refractivity contribution in [3.63, 3.8) is 0 Å². The van der Waals surface area contributed by atoms with Crippen molar-refractivity contribution in [2.45, 2.75) is 30.7 Å². The van der Waals surface area contributed by atoms with E-state index in [9.17, 15) is 85.6 Å². The van der Waals surface area contributed by atoms with Gasteiger partial charge in [-0.05, 0) is 48.5 Å². The average molecular weight is 789 g/mol. The SMILES string of the molecule is O=C(OCC1O[C@@H](OC(=O)c2cc(O)c(O)c(OC(=O)c3cc(O)c(O)c(O)c3)c2)C(O)[C@H](OC(=O)c2cc(O)c(O)c(O)c2)[C@@H]1O)c1cc(O)c(O)c(O)c1. The Morgan fingerprint density at radius 2 is 0.857 bits per heavy atom. The molecule has 0 spiro atoms. The summed E-state index contributed by atoms with van der Waals surface area (Å²) in [4.78, 5) is 51.6. The van der Waals surface area contributed by atoms with E-state index in [-0.39, 0.29) is 0 Å². The number of aliphatic hydroxyl groups is 2. The molecule has 1 aliphatic rings. The number of aromatic hydroxyl groups is 11. The number of phenols is 11. The highest BCUT2D eigenvalue weighted by Gasteiger charge is 2.49. The first kappa shape index (κ1) is 39.6. The minimum Gasteiger partial charge on any atom is -0.504 e. The standard InChI is InChI=1S/C34H28O22/c35-14-1-10(2-15(36)23(14)42)30(48)52-9-22-27(46)29(55-32(50)12-5-18(39)25(44)19(40)6-12)28(47)34(54-22)56-33(51)13-7-20(41)26(45)21(8-13)53-31(49)11-3-16(37)24(43)17(38)4-11/h1-8,22,27-29,34-47H,9H2/t22?,27-,28?,29-,34+/m1/s1. The van der Waals surface area contributed by atoms with Gasteiger partial charge in [-0.25, -0.2) is 19.2 Å². The Hall–Kier alpha value is -7.56. The van der Waals surface area contributed by atoms with Crippen molar-refractivity contribution in [1.82, 2.24) is 0 Å². The molecule has 22 heteroatoms. The number of hydrogen-bond acceptors (Lipinski definition) is 22. The van der Waals surface area contributed by atoms with Gasteiger partial charge in [-0.1, -0.05) is 0 Å². The molecule has 13 N–H and O–H groups in total. The van der Waals surface area contributed by atoms with E-state index >= 15 is 0 Å². The van der Waals surface area contributed by atoms with Crippen LogP contribution in [0, 0.1) is 0 Å². The van der Waals surface area contributed by atoms with Crippen molar-refractivity contribution >= 4 is 23.9 Å². The lowest BCUT2D eigenvalue weighted by Gasteiger charge is -2.41. The van der Waals surface area contributed by atoms with Crippen LogP contribution in [-0.4, -0.2) is 128 Å². The maximum Gasteiger partial charge on any atom is 0.343 e. The Morgan fingerprint density at radius 1 is 0.482 bits per heavy atom. The van der Waals surface area contributed by atoms with Gasteiger partial charge in [0.15, 0.2) is 75.5 Å². The molecule has 5 rings (SSSR count). The molecule has 5 atom stereocenters. The number of esters is 4. The summed E-state index contributed by atoms with van der Waals surface area (Å²) in [5, 5.41) is 130. The van der Waals surface area contributed by atoms with Crippen molar-refractivity contribution < 1.29 is 109 Å². The second-order valence-corrected chi connectivity index (χ2v) is 11.7. The maximum atomic E-state index is 13.3. The first-order chi connectivity index (χ1) is 26.3. The van der Waals surface area contributed by atoms with Crippen LogP contribution in [0.5, 0.6) is 69.0 Å². The predicted molar refractivity (Wildman–Crippen MR) is 175 cm³/mol. The smallest absolute Gasteiger partial charge is 0.343 e. The van der Waals surface area contributed by atoms with Gasteiger partial charge >= 0.3 is 23.9 Å². The van der Waals surface area contributed by atoms with Crippen molar-refractivity contribution in [3.8, 4) is 69.0 Å². The van der Waals surface area contributed by atoms with Crippen molar-refractivity contribution in [3.05, 3.63) is 70.8 Å². The number of benzene rings is 4. The van der Waals surface area contributed by atoms with Gasteiger partial charge in [0, 0.05) is 0 Å². The second-order valence-electron chi connectivity index (χ2n) is 11.7. The Bertz CT molecular complexity index is 2160. The Kier molecular flexibility index (Phi) is 10.9. The summed E-state index contributed by atoms with van der Waals surface area (Å²) in [6, 6.07) is 5.27. The fourth-order valence-electron chi connectivity index (χ4n) is 5.00. The van der Waals surface area contributed by atoms with Crippen molar-refractivity contribution in [1.29, 1.82) is 0 Å². The third kappa shape index (κ3) is 8.01. The monoisotopic (exact) mass is 788 g/mol. The lowest BCUT2D eigenvalue weighted by molar-refractivity contribution is -0.284. The summed E-state index contributed by atoms with van der Waals surface area (Å²) in [7, 11) is 0. The van der Waals surface area contributed by atoms with Gasteiger partial charge in [0.25, 0.3) is 0 Å². The van der Waals surface area contributed by atoms with E-state index in [0.29, 0.717) is 48.5 Å². The Morgan fingerprint density at radius 3 is 1.32 bits per heavy atom. The van der Waals surface area contributed by atoms with E-state index in [1.165, 1.54) is 0 Å². The number of phenolic OH excluding ortho intramolecular Hbond substituents is 11. The van der Waals surface area contributed by atoms with E-state index < -0.39 is 152 Å². The van der Waals surface area contributed by atoms with Crippen LogP contribution >= 0.6 is 0 Å². The summed E-state index contributed by atoms with van der Waals surface area (Å²) in [5.41, 5.74) is -2.46. The minimum atomic E-state index is -2.31. The van der Waals surface area contributed by atoms with Crippen LogP contribution < -0.4 is 4.74 Å². The van der Waals surface area contributed by atoms with E-state index in [0.717, 1.165) is 0 Å². The highest BCUT2D eigenvalue weighted by molar-refractivity contribution is 5.95. The van der Waals surface area contributed by atoms with Crippen LogP contribution in [0.25, 0.3) is 0 Å². The summed E-state index contributed by atoms with van der Waals surface area (Å²) in [6.45, 7) is -1.000. The number of aliphatic hydroxyl groups excluding tert-OH is 2. The molecule has 296 valence electrons. The van der Waals surface area contributed by atoms with E-state index in [1.807, 2.05) is 0 Å². The molecule has 2 unspecified atom stereocenters. The summed E-state index contributed by atoms with van der Waals surface area (Å²) >= 11 is 0. The summed E-state index contributed by atoms with van der Waals surface area (Å²) in [6.07, 6.45) is -10.7. The molecule has 1 fully saturated rings. The number of rotatable bonds is 9. The first-order valence-electron chi connectivity index (χ1n) is 15.4. The lowest BCUT2D eigenvalue weighted by Crippen LogP contribution is -2.61. The number of hydrogen-bond donors (Lipinski definition) is 13. The lowest BCUT2D eigenvalue weighted by atomic mass is 9.98. The molecule has 1 saturated heterocycles. The quantitative estimate of drug-likeness (QED) is 0.0471. The Balaban J connectivity index is 1.41. The number of ether oxygens (including phenoxy) is 5. The molecule has 1 heterocycles. The van der Waals surface area contributed by atoms with Gasteiger partial charge in [-0.15, -0.1) is 0 Å². The minimum absolute atomic E-state index is 0.524. The third-order valence-corrected chi connectivity index (χ3v) is 7.90. The molecule has 0 aromatic heterocycles. The topological polar surface area (TPSA) is 377 Å². The van der Waals surface area contributed by atoms with Crippen molar-refractivity contribution in [2.75, 3.05) is 6.61 Å².